The molecule has 0 aliphatic heterocycles. The summed E-state index contributed by atoms with van der Waals surface area (Å²) in [7, 11) is -3.67. The maximum Gasteiger partial charge on any atom is 0.335 e. The molecule has 0 radical (unpaired) electrons. The molecule has 1 unspecified atom stereocenters. The quantitative estimate of drug-likeness (QED) is 0.773. The van der Waals surface area contributed by atoms with Gasteiger partial charge in [-0.15, -0.1) is 12.3 Å². The average Bonchev–Trinajstić information content (AvgIpc) is 2.38. The summed E-state index contributed by atoms with van der Waals surface area (Å²) in [5, 5.41) is 8.74. The van der Waals surface area contributed by atoms with Crippen molar-refractivity contribution in [2.24, 2.45) is 0 Å². The summed E-state index contributed by atoms with van der Waals surface area (Å²) in [5.74, 6) is 1.31. The van der Waals surface area contributed by atoms with E-state index >= 15 is 0 Å². The Morgan fingerprint density at radius 1 is 1.42 bits per heavy atom. The fraction of sp³-hybridized carbons (Fsp3) is 0.308. The first-order chi connectivity index (χ1) is 8.90. The van der Waals surface area contributed by atoms with Gasteiger partial charge in [-0.2, -0.15) is 0 Å². The largest absolute Gasteiger partial charge is 0.478 e. The number of carboxylic acid groups (broad SMARTS) is 1. The van der Waals surface area contributed by atoms with Crippen LogP contribution in [0.15, 0.2) is 29.2 Å². The summed E-state index contributed by atoms with van der Waals surface area (Å²) in [6.45, 7) is 1.83. The summed E-state index contributed by atoms with van der Waals surface area (Å²) in [6.07, 6.45) is 6.05. The first-order valence-electron chi connectivity index (χ1n) is 5.70. The van der Waals surface area contributed by atoms with Gasteiger partial charge in [-0.3, -0.25) is 0 Å². The van der Waals surface area contributed by atoms with E-state index in [0.717, 1.165) is 0 Å². The minimum absolute atomic E-state index is 0.0213. The van der Waals surface area contributed by atoms with Crippen molar-refractivity contribution in [3.63, 3.8) is 0 Å². The van der Waals surface area contributed by atoms with Gasteiger partial charge >= 0.3 is 5.97 Å². The summed E-state index contributed by atoms with van der Waals surface area (Å²) in [5.41, 5.74) is 0.0367. The molecule has 0 aliphatic rings. The van der Waals surface area contributed by atoms with Crippen molar-refractivity contribution >= 4 is 16.0 Å². The number of carbonyl (C=O) groups is 1. The van der Waals surface area contributed by atoms with Gasteiger partial charge < -0.3 is 5.11 Å². The number of hydrogen-bond acceptors (Lipinski definition) is 3. The lowest BCUT2D eigenvalue weighted by Crippen LogP contribution is -2.34. The lowest BCUT2D eigenvalue weighted by Gasteiger charge is -2.14. The third-order valence-corrected chi connectivity index (χ3v) is 4.13. The predicted molar refractivity (Wildman–Crippen MR) is 71.3 cm³/mol. The zero-order valence-corrected chi connectivity index (χ0v) is 11.3. The van der Waals surface area contributed by atoms with Crippen molar-refractivity contribution in [3.8, 4) is 12.3 Å². The number of sulfonamides is 1. The van der Waals surface area contributed by atoms with E-state index in [1.165, 1.54) is 24.3 Å². The van der Waals surface area contributed by atoms with Crippen LogP contribution in [0.3, 0.4) is 0 Å². The van der Waals surface area contributed by atoms with Crippen molar-refractivity contribution in [3.05, 3.63) is 29.8 Å². The van der Waals surface area contributed by atoms with Gasteiger partial charge in [0, 0.05) is 12.5 Å². The highest BCUT2D eigenvalue weighted by Gasteiger charge is 2.18. The van der Waals surface area contributed by atoms with E-state index in [9.17, 15) is 13.2 Å². The van der Waals surface area contributed by atoms with Gasteiger partial charge in [-0.1, -0.05) is 6.92 Å². The van der Waals surface area contributed by atoms with Crippen molar-refractivity contribution < 1.29 is 18.3 Å². The Hall–Kier alpha value is -1.84. The lowest BCUT2D eigenvalue weighted by molar-refractivity contribution is 0.0696. The first-order valence-corrected chi connectivity index (χ1v) is 7.18. The maximum atomic E-state index is 12.0. The zero-order chi connectivity index (χ0) is 14.5. The molecule has 0 heterocycles. The molecule has 1 aromatic carbocycles. The molecule has 0 saturated heterocycles. The highest BCUT2D eigenvalue weighted by molar-refractivity contribution is 7.89. The Morgan fingerprint density at radius 3 is 2.42 bits per heavy atom. The second-order valence-electron chi connectivity index (χ2n) is 3.96. The van der Waals surface area contributed by atoms with Crippen LogP contribution in [-0.2, 0) is 10.0 Å². The van der Waals surface area contributed by atoms with Crippen LogP contribution in [0.1, 0.15) is 30.1 Å². The van der Waals surface area contributed by atoms with Crippen LogP contribution < -0.4 is 4.72 Å². The second kappa shape index (κ2) is 6.36. The zero-order valence-electron chi connectivity index (χ0n) is 10.5. The summed E-state index contributed by atoms with van der Waals surface area (Å²) < 4.78 is 26.6. The summed E-state index contributed by atoms with van der Waals surface area (Å²) in [4.78, 5) is 10.7. The van der Waals surface area contributed by atoms with Crippen molar-refractivity contribution in [2.75, 3.05) is 0 Å². The molecule has 0 aromatic heterocycles. The van der Waals surface area contributed by atoms with Gasteiger partial charge in [0.2, 0.25) is 10.0 Å². The number of nitrogens with one attached hydrogen (secondary N) is 1. The van der Waals surface area contributed by atoms with Gasteiger partial charge in [0.05, 0.1) is 10.5 Å². The van der Waals surface area contributed by atoms with Gasteiger partial charge in [0.15, 0.2) is 0 Å². The van der Waals surface area contributed by atoms with Gasteiger partial charge in [-0.25, -0.2) is 17.9 Å². The molecular weight excluding hydrogens is 266 g/mol. The molecule has 1 rings (SSSR count). The first kappa shape index (κ1) is 15.2. The molecule has 5 nitrogen and oxygen atoms in total. The van der Waals surface area contributed by atoms with E-state index in [1.54, 1.807) is 0 Å². The normalized spacial score (nSPS) is 12.6. The van der Waals surface area contributed by atoms with Crippen molar-refractivity contribution in [1.29, 1.82) is 0 Å². The Morgan fingerprint density at radius 2 is 2.00 bits per heavy atom. The van der Waals surface area contributed by atoms with E-state index in [0.29, 0.717) is 12.8 Å². The number of rotatable bonds is 6. The molecule has 1 aromatic rings. The fourth-order valence-corrected chi connectivity index (χ4v) is 2.80. The fourth-order valence-electron chi connectivity index (χ4n) is 1.48. The maximum absolute atomic E-state index is 12.0. The molecule has 102 valence electrons. The molecule has 2 N–H and O–H groups in total. The number of hydrogen-bond donors (Lipinski definition) is 2. The van der Waals surface area contributed by atoms with E-state index in [-0.39, 0.29) is 16.5 Å². The van der Waals surface area contributed by atoms with Gasteiger partial charge in [0.1, 0.15) is 0 Å². The van der Waals surface area contributed by atoms with E-state index < -0.39 is 16.0 Å². The van der Waals surface area contributed by atoms with Crippen molar-refractivity contribution in [2.45, 2.75) is 30.7 Å². The van der Waals surface area contributed by atoms with Crippen LogP contribution in [0.25, 0.3) is 0 Å². The standard InChI is InChI=1S/C13H15NO4S/c1-3-5-11(4-2)14-19(17,18)12-8-6-10(7-9-12)13(15)16/h1,6-9,11,14H,4-5H2,2H3,(H,15,16). The molecule has 1 atom stereocenters. The molecule has 0 amide bonds. The number of carboxylic acids is 1. The van der Waals surface area contributed by atoms with Crippen molar-refractivity contribution in [1.82, 2.24) is 4.72 Å². The van der Waals surface area contributed by atoms with Crippen LogP contribution >= 0.6 is 0 Å². The Labute approximate surface area is 112 Å². The highest BCUT2D eigenvalue weighted by atomic mass is 32.2. The molecule has 0 fully saturated rings. The van der Waals surface area contributed by atoms with Crippen LogP contribution in [0, 0.1) is 12.3 Å². The highest BCUT2D eigenvalue weighted by Crippen LogP contribution is 2.12. The van der Waals surface area contributed by atoms with Crippen LogP contribution in [0.5, 0.6) is 0 Å². The predicted octanol–water partition coefficient (Wildman–Crippen LogP) is 1.47. The Balaban J connectivity index is 2.94. The summed E-state index contributed by atoms with van der Waals surface area (Å²) in [6, 6.07) is 4.69. The molecule has 19 heavy (non-hydrogen) atoms. The lowest BCUT2D eigenvalue weighted by atomic mass is 10.2. The smallest absolute Gasteiger partial charge is 0.335 e. The van der Waals surface area contributed by atoms with Crippen LogP contribution in [-0.4, -0.2) is 25.5 Å². The number of aromatic carboxylic acids is 1. The van der Waals surface area contributed by atoms with E-state index in [2.05, 4.69) is 10.6 Å². The molecule has 0 bridgehead atoms. The minimum Gasteiger partial charge on any atom is -0.478 e. The Bertz CT molecular complexity index is 584. The third kappa shape index (κ3) is 4.09. The van der Waals surface area contributed by atoms with Crippen LogP contribution in [0.2, 0.25) is 0 Å². The average molecular weight is 281 g/mol. The van der Waals surface area contributed by atoms with Gasteiger partial charge in [0.25, 0.3) is 0 Å². The SMILES string of the molecule is C#CCC(CC)NS(=O)(=O)c1ccc(C(=O)O)cc1. The van der Waals surface area contributed by atoms with E-state index in [1.807, 2.05) is 6.92 Å². The topological polar surface area (TPSA) is 83.5 Å². The third-order valence-electron chi connectivity index (χ3n) is 2.59. The number of benzene rings is 1. The monoisotopic (exact) mass is 281 g/mol. The second-order valence-corrected chi connectivity index (χ2v) is 5.68. The Kier molecular flexibility index (Phi) is 5.10. The molecule has 6 heteroatoms. The minimum atomic E-state index is -3.67. The van der Waals surface area contributed by atoms with E-state index in [4.69, 9.17) is 11.5 Å². The van der Waals surface area contributed by atoms with Crippen LogP contribution in [0.4, 0.5) is 0 Å². The molecule has 0 saturated carbocycles. The molecular formula is C13H15NO4S. The molecule has 0 aliphatic carbocycles. The molecule has 0 spiro atoms. The number of terminal acetylenes is 1. The van der Waals surface area contributed by atoms with Gasteiger partial charge in [-0.05, 0) is 30.7 Å². The summed E-state index contributed by atoms with van der Waals surface area (Å²) >= 11 is 0.